The van der Waals surface area contributed by atoms with Gasteiger partial charge in [-0.1, -0.05) is 26.0 Å². The summed E-state index contributed by atoms with van der Waals surface area (Å²) in [7, 11) is 1.67. The molecule has 0 aliphatic rings. The number of nitrogens with zero attached hydrogens (tertiary/aromatic N) is 1. The third kappa shape index (κ3) is 6.36. The van der Waals surface area contributed by atoms with Gasteiger partial charge in [0.05, 0.1) is 19.9 Å². The number of furan rings is 1. The molecule has 0 bridgehead atoms. The summed E-state index contributed by atoms with van der Waals surface area (Å²) in [5.74, 6) is 3.22. The lowest BCUT2D eigenvalue weighted by Gasteiger charge is -2.14. The standard InChI is InChI=1S/C19H27N3O2/c1-15(2)13-21-19(20-11-10-18-5-4-12-24-18)22-14-16-6-8-17(23-3)9-7-16/h4-9,12,15H,10-11,13-14H2,1-3H3,(H2,20,21,22). The van der Waals surface area contributed by atoms with E-state index in [9.17, 15) is 0 Å². The number of nitrogens with one attached hydrogen (secondary N) is 2. The lowest BCUT2D eigenvalue weighted by Crippen LogP contribution is -2.40. The molecule has 0 saturated heterocycles. The van der Waals surface area contributed by atoms with E-state index >= 15 is 0 Å². The fourth-order valence-corrected chi connectivity index (χ4v) is 2.14. The van der Waals surface area contributed by atoms with E-state index in [2.05, 4.69) is 29.5 Å². The molecule has 5 heteroatoms. The summed E-state index contributed by atoms with van der Waals surface area (Å²) in [6.45, 7) is 6.64. The molecule has 2 N–H and O–H groups in total. The number of methoxy groups -OCH3 is 1. The van der Waals surface area contributed by atoms with E-state index in [0.717, 1.165) is 42.5 Å². The van der Waals surface area contributed by atoms with Crippen molar-refractivity contribution in [3.05, 3.63) is 54.0 Å². The molecule has 1 aromatic heterocycles. The first-order valence-corrected chi connectivity index (χ1v) is 8.35. The SMILES string of the molecule is COc1ccc(CN=C(NCCc2ccco2)NCC(C)C)cc1. The molecule has 2 rings (SSSR count). The molecule has 1 heterocycles. The van der Waals surface area contributed by atoms with Gasteiger partial charge >= 0.3 is 0 Å². The molecule has 0 aliphatic carbocycles. The van der Waals surface area contributed by atoms with E-state index in [4.69, 9.17) is 9.15 Å². The highest BCUT2D eigenvalue weighted by atomic mass is 16.5. The molecule has 2 aromatic rings. The molecule has 0 amide bonds. The van der Waals surface area contributed by atoms with Crippen LogP contribution in [0.25, 0.3) is 0 Å². The van der Waals surface area contributed by atoms with Crippen molar-refractivity contribution in [1.82, 2.24) is 10.6 Å². The van der Waals surface area contributed by atoms with Crippen LogP contribution in [0.15, 0.2) is 52.1 Å². The molecule has 0 fully saturated rings. The van der Waals surface area contributed by atoms with E-state index in [1.54, 1.807) is 13.4 Å². The average molecular weight is 329 g/mol. The van der Waals surface area contributed by atoms with Crippen LogP contribution >= 0.6 is 0 Å². The van der Waals surface area contributed by atoms with E-state index in [1.807, 2.05) is 36.4 Å². The second kappa shape index (κ2) is 9.65. The maximum atomic E-state index is 5.35. The van der Waals surface area contributed by atoms with Crippen molar-refractivity contribution in [2.45, 2.75) is 26.8 Å². The number of guanidine groups is 1. The Morgan fingerprint density at radius 3 is 2.58 bits per heavy atom. The van der Waals surface area contributed by atoms with Crippen LogP contribution in [0.4, 0.5) is 0 Å². The molecular formula is C19H27N3O2. The van der Waals surface area contributed by atoms with E-state index < -0.39 is 0 Å². The van der Waals surface area contributed by atoms with Gasteiger partial charge in [0.1, 0.15) is 11.5 Å². The summed E-state index contributed by atoms with van der Waals surface area (Å²) in [4.78, 5) is 4.66. The van der Waals surface area contributed by atoms with E-state index in [-0.39, 0.29) is 0 Å². The third-order valence-corrected chi connectivity index (χ3v) is 3.50. The fourth-order valence-electron chi connectivity index (χ4n) is 2.14. The summed E-state index contributed by atoms with van der Waals surface area (Å²) in [5, 5.41) is 6.74. The monoisotopic (exact) mass is 329 g/mol. The lowest BCUT2D eigenvalue weighted by molar-refractivity contribution is 0.414. The third-order valence-electron chi connectivity index (χ3n) is 3.50. The van der Waals surface area contributed by atoms with Crippen LogP contribution in [0.2, 0.25) is 0 Å². The first-order chi connectivity index (χ1) is 11.7. The Balaban J connectivity index is 1.89. The minimum Gasteiger partial charge on any atom is -0.497 e. The molecule has 24 heavy (non-hydrogen) atoms. The molecule has 0 unspecified atom stereocenters. The van der Waals surface area contributed by atoms with Gasteiger partial charge in [-0.3, -0.25) is 0 Å². The summed E-state index contributed by atoms with van der Waals surface area (Å²) in [6.07, 6.45) is 2.53. The van der Waals surface area contributed by atoms with Crippen molar-refractivity contribution in [1.29, 1.82) is 0 Å². The van der Waals surface area contributed by atoms with Crippen molar-refractivity contribution in [2.24, 2.45) is 10.9 Å². The van der Waals surface area contributed by atoms with Crippen LogP contribution in [0.1, 0.15) is 25.2 Å². The number of hydrogen-bond acceptors (Lipinski definition) is 3. The van der Waals surface area contributed by atoms with Gasteiger partial charge < -0.3 is 19.8 Å². The van der Waals surface area contributed by atoms with Crippen molar-refractivity contribution in [2.75, 3.05) is 20.2 Å². The van der Waals surface area contributed by atoms with Crippen LogP contribution < -0.4 is 15.4 Å². The molecule has 0 radical (unpaired) electrons. The Kier molecular flexibility index (Phi) is 7.21. The summed E-state index contributed by atoms with van der Waals surface area (Å²) in [6, 6.07) is 11.9. The van der Waals surface area contributed by atoms with Gasteiger partial charge in [-0.25, -0.2) is 4.99 Å². The predicted octanol–water partition coefficient (Wildman–Crippen LogP) is 3.22. The molecular weight excluding hydrogens is 302 g/mol. The minimum absolute atomic E-state index is 0.558. The molecule has 1 aromatic carbocycles. The fraction of sp³-hybridized carbons (Fsp3) is 0.421. The lowest BCUT2D eigenvalue weighted by atomic mass is 10.2. The Hall–Kier alpha value is -2.43. The topological polar surface area (TPSA) is 58.8 Å². The maximum absolute atomic E-state index is 5.35. The highest BCUT2D eigenvalue weighted by Gasteiger charge is 2.02. The highest BCUT2D eigenvalue weighted by Crippen LogP contribution is 2.11. The molecule has 5 nitrogen and oxygen atoms in total. The van der Waals surface area contributed by atoms with E-state index in [1.165, 1.54) is 0 Å². The Morgan fingerprint density at radius 2 is 1.96 bits per heavy atom. The number of benzene rings is 1. The normalized spacial score (nSPS) is 11.6. The minimum atomic E-state index is 0.558. The second-order valence-corrected chi connectivity index (χ2v) is 6.04. The number of rotatable bonds is 8. The zero-order valence-electron chi connectivity index (χ0n) is 14.7. The number of hydrogen-bond donors (Lipinski definition) is 2. The van der Waals surface area contributed by atoms with Gasteiger partial charge in [0, 0.05) is 19.5 Å². The van der Waals surface area contributed by atoms with Gasteiger partial charge in [-0.15, -0.1) is 0 Å². The maximum Gasteiger partial charge on any atom is 0.191 e. The summed E-state index contributed by atoms with van der Waals surface area (Å²) >= 11 is 0. The van der Waals surface area contributed by atoms with Gasteiger partial charge in [0.15, 0.2) is 5.96 Å². The second-order valence-electron chi connectivity index (χ2n) is 6.04. The first-order valence-electron chi connectivity index (χ1n) is 8.35. The Morgan fingerprint density at radius 1 is 1.17 bits per heavy atom. The van der Waals surface area contributed by atoms with Gasteiger partial charge in [0.2, 0.25) is 0 Å². The first kappa shape index (κ1) is 17.9. The van der Waals surface area contributed by atoms with E-state index in [0.29, 0.717) is 12.5 Å². The zero-order valence-corrected chi connectivity index (χ0v) is 14.7. The van der Waals surface area contributed by atoms with Crippen LogP contribution in [0.5, 0.6) is 5.75 Å². The predicted molar refractivity (Wildman–Crippen MR) is 97.4 cm³/mol. The van der Waals surface area contributed by atoms with Crippen LogP contribution in [0.3, 0.4) is 0 Å². The quantitative estimate of drug-likeness (QED) is 0.577. The number of aliphatic imine (C=N–C) groups is 1. The molecule has 130 valence electrons. The van der Waals surface area contributed by atoms with Crippen molar-refractivity contribution < 1.29 is 9.15 Å². The Bertz CT molecular complexity index is 604. The molecule has 0 atom stereocenters. The summed E-state index contributed by atoms with van der Waals surface area (Å²) < 4.78 is 10.5. The van der Waals surface area contributed by atoms with Crippen LogP contribution in [-0.2, 0) is 13.0 Å². The van der Waals surface area contributed by atoms with Crippen LogP contribution in [-0.4, -0.2) is 26.2 Å². The number of ether oxygens (including phenoxy) is 1. The van der Waals surface area contributed by atoms with Crippen LogP contribution in [0, 0.1) is 5.92 Å². The van der Waals surface area contributed by atoms with Crippen molar-refractivity contribution >= 4 is 5.96 Å². The van der Waals surface area contributed by atoms with Gasteiger partial charge in [0.25, 0.3) is 0 Å². The molecule has 0 spiro atoms. The van der Waals surface area contributed by atoms with Crippen molar-refractivity contribution in [3.8, 4) is 5.75 Å². The highest BCUT2D eigenvalue weighted by molar-refractivity contribution is 5.79. The smallest absolute Gasteiger partial charge is 0.191 e. The summed E-state index contributed by atoms with van der Waals surface area (Å²) in [5.41, 5.74) is 1.15. The Labute approximate surface area is 144 Å². The average Bonchev–Trinajstić information content (AvgIpc) is 3.10. The molecule has 0 aliphatic heterocycles. The molecule has 0 saturated carbocycles. The van der Waals surface area contributed by atoms with Gasteiger partial charge in [-0.05, 0) is 35.7 Å². The largest absolute Gasteiger partial charge is 0.497 e. The van der Waals surface area contributed by atoms with Gasteiger partial charge in [-0.2, -0.15) is 0 Å². The van der Waals surface area contributed by atoms with Crippen molar-refractivity contribution in [3.63, 3.8) is 0 Å². The zero-order chi connectivity index (χ0) is 17.2.